The first-order chi connectivity index (χ1) is 8.16. The molecule has 1 saturated heterocycles. The maximum atomic E-state index is 5.67. The molecule has 2 atom stereocenters. The van der Waals surface area contributed by atoms with Crippen molar-refractivity contribution in [2.75, 3.05) is 11.9 Å². The molecule has 0 spiro atoms. The summed E-state index contributed by atoms with van der Waals surface area (Å²) in [6, 6.07) is 4.11. The van der Waals surface area contributed by atoms with Crippen LogP contribution in [0.5, 0.6) is 0 Å². The minimum Gasteiger partial charge on any atom is -0.389 e. The van der Waals surface area contributed by atoms with E-state index in [0.29, 0.717) is 17.1 Å². The fraction of sp³-hybridized carbons (Fsp3) is 0.500. The zero-order valence-corrected chi connectivity index (χ0v) is 10.7. The lowest BCUT2D eigenvalue weighted by Gasteiger charge is -2.28. The molecular weight excluding hydrogens is 234 g/mol. The van der Waals surface area contributed by atoms with Gasteiger partial charge in [0.05, 0.1) is 11.7 Å². The predicted octanol–water partition coefficient (Wildman–Crippen LogP) is 1.70. The van der Waals surface area contributed by atoms with E-state index in [2.05, 4.69) is 17.2 Å². The van der Waals surface area contributed by atoms with Gasteiger partial charge in [0.1, 0.15) is 10.8 Å². The fourth-order valence-corrected chi connectivity index (χ4v) is 2.21. The summed E-state index contributed by atoms with van der Waals surface area (Å²) in [6.45, 7) is 2.87. The van der Waals surface area contributed by atoms with Gasteiger partial charge < -0.3 is 15.8 Å². The number of hydrogen-bond donors (Lipinski definition) is 2. The first-order valence-electron chi connectivity index (χ1n) is 5.80. The minimum atomic E-state index is 0.290. The molecule has 5 heteroatoms. The Morgan fingerprint density at radius 2 is 2.47 bits per heavy atom. The number of nitrogens with two attached hydrogens (primary N) is 1. The van der Waals surface area contributed by atoms with Crippen LogP contribution in [0.15, 0.2) is 18.3 Å². The predicted molar refractivity (Wildman–Crippen MR) is 72.2 cm³/mol. The normalized spacial score (nSPS) is 24.3. The number of pyridine rings is 1. The number of nitrogens with one attached hydrogen (secondary N) is 1. The Bertz CT molecular complexity index is 410. The van der Waals surface area contributed by atoms with E-state index >= 15 is 0 Å². The maximum absolute atomic E-state index is 5.67. The Morgan fingerprint density at radius 1 is 1.65 bits per heavy atom. The van der Waals surface area contributed by atoms with Crippen LogP contribution in [0.2, 0.25) is 0 Å². The van der Waals surface area contributed by atoms with Crippen LogP contribution in [-0.4, -0.2) is 28.7 Å². The van der Waals surface area contributed by atoms with Crippen molar-refractivity contribution in [2.24, 2.45) is 5.73 Å². The van der Waals surface area contributed by atoms with Crippen LogP contribution in [0.3, 0.4) is 0 Å². The Hall–Kier alpha value is -1.20. The molecule has 1 aliphatic rings. The zero-order valence-electron chi connectivity index (χ0n) is 9.85. The second kappa shape index (κ2) is 5.42. The number of ether oxygens (including phenoxy) is 1. The molecule has 1 aromatic heterocycles. The lowest BCUT2D eigenvalue weighted by Crippen LogP contribution is -2.33. The molecule has 1 aliphatic heterocycles. The summed E-state index contributed by atoms with van der Waals surface area (Å²) in [5, 5.41) is 3.40. The third-order valence-electron chi connectivity index (χ3n) is 2.90. The highest BCUT2D eigenvalue weighted by molar-refractivity contribution is 7.80. The Morgan fingerprint density at radius 3 is 3.18 bits per heavy atom. The van der Waals surface area contributed by atoms with Crippen molar-refractivity contribution in [3.63, 3.8) is 0 Å². The van der Waals surface area contributed by atoms with Crippen LogP contribution in [0.1, 0.15) is 25.3 Å². The number of hydrogen-bond acceptors (Lipinski definition) is 4. The van der Waals surface area contributed by atoms with Crippen LogP contribution in [0, 0.1) is 0 Å². The summed E-state index contributed by atoms with van der Waals surface area (Å²) in [4.78, 5) is 4.68. The summed E-state index contributed by atoms with van der Waals surface area (Å²) in [5.41, 5.74) is 6.48. The van der Waals surface area contributed by atoms with Gasteiger partial charge in [0, 0.05) is 18.8 Å². The zero-order chi connectivity index (χ0) is 12.3. The summed E-state index contributed by atoms with van der Waals surface area (Å²) in [6.07, 6.45) is 4.00. The van der Waals surface area contributed by atoms with E-state index in [-0.39, 0.29) is 0 Å². The molecule has 1 fully saturated rings. The smallest absolute Gasteiger partial charge is 0.136 e. The van der Waals surface area contributed by atoms with Crippen molar-refractivity contribution in [2.45, 2.75) is 31.9 Å². The highest BCUT2D eigenvalue weighted by atomic mass is 32.1. The van der Waals surface area contributed by atoms with Crippen LogP contribution >= 0.6 is 12.2 Å². The average molecular weight is 251 g/mol. The van der Waals surface area contributed by atoms with Gasteiger partial charge in [-0.05, 0) is 31.9 Å². The van der Waals surface area contributed by atoms with Crippen molar-refractivity contribution in [1.82, 2.24) is 4.98 Å². The standard InChI is InChI=1S/C12H17N3OS/c1-8-7-9(4-6-16-8)15-12-10(11(13)17)3-2-5-14-12/h2-3,5,8-9H,4,6-7H2,1H3,(H2,13,17)(H,14,15). The highest BCUT2D eigenvalue weighted by Crippen LogP contribution is 2.19. The van der Waals surface area contributed by atoms with Crippen molar-refractivity contribution in [1.29, 1.82) is 0 Å². The maximum Gasteiger partial charge on any atom is 0.136 e. The van der Waals surface area contributed by atoms with Gasteiger partial charge in [-0.2, -0.15) is 0 Å². The van der Waals surface area contributed by atoms with Gasteiger partial charge in [-0.25, -0.2) is 4.98 Å². The Kier molecular flexibility index (Phi) is 3.91. The molecule has 2 unspecified atom stereocenters. The number of rotatable bonds is 3. The molecule has 0 aliphatic carbocycles. The summed E-state index contributed by atoms with van der Waals surface area (Å²) >= 11 is 5.01. The van der Waals surface area contributed by atoms with E-state index in [9.17, 15) is 0 Å². The molecule has 3 N–H and O–H groups in total. The van der Waals surface area contributed by atoms with E-state index in [1.54, 1.807) is 6.20 Å². The monoisotopic (exact) mass is 251 g/mol. The van der Waals surface area contributed by atoms with Crippen LogP contribution in [0.4, 0.5) is 5.82 Å². The molecule has 1 aromatic rings. The fourth-order valence-electron chi connectivity index (χ4n) is 2.04. The van der Waals surface area contributed by atoms with Crippen LogP contribution < -0.4 is 11.1 Å². The molecule has 4 nitrogen and oxygen atoms in total. The molecule has 0 amide bonds. The van der Waals surface area contributed by atoms with Gasteiger partial charge in [-0.15, -0.1) is 0 Å². The molecule has 0 bridgehead atoms. The van der Waals surface area contributed by atoms with Crippen molar-refractivity contribution in [3.8, 4) is 0 Å². The van der Waals surface area contributed by atoms with Gasteiger partial charge in [0.25, 0.3) is 0 Å². The van der Waals surface area contributed by atoms with Crippen molar-refractivity contribution >= 4 is 23.0 Å². The third-order valence-corrected chi connectivity index (χ3v) is 3.12. The molecular formula is C12H17N3OS. The highest BCUT2D eigenvalue weighted by Gasteiger charge is 2.20. The number of anilines is 1. The molecule has 92 valence electrons. The van der Waals surface area contributed by atoms with E-state index in [4.69, 9.17) is 22.7 Å². The minimum absolute atomic E-state index is 0.290. The van der Waals surface area contributed by atoms with Crippen LogP contribution in [-0.2, 0) is 4.74 Å². The largest absolute Gasteiger partial charge is 0.389 e. The Labute approximate surface area is 107 Å². The topological polar surface area (TPSA) is 60.2 Å². The molecule has 2 rings (SSSR count). The van der Waals surface area contributed by atoms with Crippen molar-refractivity contribution < 1.29 is 4.74 Å². The first kappa shape index (κ1) is 12.3. The lowest BCUT2D eigenvalue weighted by atomic mass is 10.0. The third kappa shape index (κ3) is 3.14. The summed E-state index contributed by atoms with van der Waals surface area (Å²) < 4.78 is 5.51. The van der Waals surface area contributed by atoms with Gasteiger partial charge in [0.2, 0.25) is 0 Å². The van der Waals surface area contributed by atoms with E-state index < -0.39 is 0 Å². The second-order valence-corrected chi connectivity index (χ2v) is 4.75. The van der Waals surface area contributed by atoms with Gasteiger partial charge in [-0.3, -0.25) is 0 Å². The van der Waals surface area contributed by atoms with Crippen LogP contribution in [0.25, 0.3) is 0 Å². The number of nitrogens with zero attached hydrogens (tertiary/aromatic N) is 1. The van der Waals surface area contributed by atoms with Gasteiger partial charge in [0.15, 0.2) is 0 Å². The summed E-state index contributed by atoms with van der Waals surface area (Å²) in [7, 11) is 0. The number of thiocarbonyl (C=S) groups is 1. The molecule has 17 heavy (non-hydrogen) atoms. The van der Waals surface area contributed by atoms with E-state index in [1.165, 1.54) is 0 Å². The molecule has 2 heterocycles. The van der Waals surface area contributed by atoms with E-state index in [1.807, 2.05) is 12.1 Å². The lowest BCUT2D eigenvalue weighted by molar-refractivity contribution is 0.0232. The van der Waals surface area contributed by atoms with Gasteiger partial charge in [-0.1, -0.05) is 12.2 Å². The van der Waals surface area contributed by atoms with Gasteiger partial charge >= 0.3 is 0 Å². The number of aromatic nitrogens is 1. The summed E-state index contributed by atoms with van der Waals surface area (Å²) in [5.74, 6) is 0.777. The first-order valence-corrected chi connectivity index (χ1v) is 6.20. The molecule has 0 saturated carbocycles. The second-order valence-electron chi connectivity index (χ2n) is 4.31. The SMILES string of the molecule is CC1CC(Nc2ncccc2C(N)=S)CCO1. The molecule has 0 aromatic carbocycles. The quantitative estimate of drug-likeness (QED) is 0.801. The van der Waals surface area contributed by atoms with Crippen molar-refractivity contribution in [3.05, 3.63) is 23.9 Å². The van der Waals surface area contributed by atoms with E-state index in [0.717, 1.165) is 30.8 Å². The molecule has 0 radical (unpaired) electrons. The Balaban J connectivity index is 2.10. The average Bonchev–Trinajstić information content (AvgIpc) is 2.29.